The van der Waals surface area contributed by atoms with Crippen LogP contribution in [0.4, 0.5) is 0 Å². The van der Waals surface area contributed by atoms with Crippen LogP contribution in [0.1, 0.15) is 32.1 Å². The molecule has 3 rings (SSSR count). The van der Waals surface area contributed by atoms with Crippen LogP contribution in [0.25, 0.3) is 11.2 Å². The summed E-state index contributed by atoms with van der Waals surface area (Å²) in [6.07, 6.45) is 2.84. The van der Waals surface area contributed by atoms with Crippen molar-refractivity contribution in [2.24, 2.45) is 0 Å². The monoisotopic (exact) mass is 296 g/mol. The predicted molar refractivity (Wildman–Crippen MR) is 87.5 cm³/mol. The molecule has 1 N–H and O–H groups in total. The van der Waals surface area contributed by atoms with E-state index in [1.165, 1.54) is 0 Å². The lowest BCUT2D eigenvalue weighted by molar-refractivity contribution is 0.516. The van der Waals surface area contributed by atoms with Gasteiger partial charge in [0.15, 0.2) is 5.82 Å². The van der Waals surface area contributed by atoms with Gasteiger partial charge in [0.2, 0.25) is 0 Å². The molecule has 0 saturated carbocycles. The number of nitrogens with one attached hydrogen (secondary N) is 1. The molecule has 1 aromatic carbocycles. The Labute approximate surface area is 129 Å². The minimum Gasteiger partial charge on any atom is -0.308 e. The van der Waals surface area contributed by atoms with E-state index in [-0.39, 0.29) is 11.6 Å². The molecule has 2 aromatic heterocycles. The van der Waals surface area contributed by atoms with Crippen LogP contribution in [-0.2, 0) is 0 Å². The largest absolute Gasteiger partial charge is 0.308 e. The Morgan fingerprint density at radius 1 is 1.18 bits per heavy atom. The van der Waals surface area contributed by atoms with E-state index in [9.17, 15) is 4.79 Å². The summed E-state index contributed by atoms with van der Waals surface area (Å²) in [5.41, 5.74) is 1.37. The highest BCUT2D eigenvalue weighted by atomic mass is 16.1. The van der Waals surface area contributed by atoms with Crippen LogP contribution in [0, 0.1) is 0 Å². The molecular formula is C17H20N4O. The lowest BCUT2D eigenvalue weighted by atomic mass is 10.2. The van der Waals surface area contributed by atoms with E-state index < -0.39 is 0 Å². The first-order chi connectivity index (χ1) is 10.7. The van der Waals surface area contributed by atoms with E-state index in [0.29, 0.717) is 11.3 Å². The Kier molecular flexibility index (Phi) is 4.06. The van der Waals surface area contributed by atoms with Crippen molar-refractivity contribution in [3.63, 3.8) is 0 Å². The number of benzene rings is 1. The summed E-state index contributed by atoms with van der Waals surface area (Å²) < 4.78 is 3.35. The first-order valence-electron chi connectivity index (χ1n) is 7.61. The number of aromatic nitrogens is 3. The normalized spacial score (nSPS) is 12.6. The molecule has 0 unspecified atom stereocenters. The molecule has 5 heteroatoms. The minimum absolute atomic E-state index is 0.0142. The van der Waals surface area contributed by atoms with Gasteiger partial charge in [-0.25, -0.2) is 4.52 Å². The first kappa shape index (κ1) is 14.5. The van der Waals surface area contributed by atoms with E-state index in [0.717, 1.165) is 18.7 Å². The maximum Gasteiger partial charge on any atom is 0.282 e. The molecule has 5 nitrogen and oxygen atoms in total. The third kappa shape index (κ3) is 2.55. The van der Waals surface area contributed by atoms with E-state index in [1.54, 1.807) is 15.1 Å². The highest BCUT2D eigenvalue weighted by molar-refractivity contribution is 5.47. The summed E-state index contributed by atoms with van der Waals surface area (Å²) in [5.74, 6) is 0.716. The van der Waals surface area contributed by atoms with Crippen molar-refractivity contribution < 1.29 is 0 Å². The van der Waals surface area contributed by atoms with E-state index in [2.05, 4.69) is 17.3 Å². The van der Waals surface area contributed by atoms with E-state index in [1.807, 2.05) is 49.5 Å². The van der Waals surface area contributed by atoms with Crippen LogP contribution in [-0.4, -0.2) is 20.7 Å². The second kappa shape index (κ2) is 6.15. The molecule has 2 heterocycles. The topological polar surface area (TPSA) is 51.3 Å². The van der Waals surface area contributed by atoms with Crippen molar-refractivity contribution in [3.8, 4) is 5.69 Å². The van der Waals surface area contributed by atoms with E-state index >= 15 is 0 Å². The number of rotatable bonds is 5. The fourth-order valence-corrected chi connectivity index (χ4v) is 2.56. The average molecular weight is 296 g/mol. The van der Waals surface area contributed by atoms with Gasteiger partial charge in [0, 0.05) is 6.20 Å². The smallest absolute Gasteiger partial charge is 0.282 e. The van der Waals surface area contributed by atoms with Crippen molar-refractivity contribution in [3.05, 3.63) is 64.8 Å². The quantitative estimate of drug-likeness (QED) is 0.787. The molecule has 0 aliphatic heterocycles. The van der Waals surface area contributed by atoms with Crippen LogP contribution < -0.4 is 10.9 Å². The summed E-state index contributed by atoms with van der Waals surface area (Å²) in [6, 6.07) is 13.3. The molecule has 0 aliphatic rings. The number of hydrogen-bond donors (Lipinski definition) is 1. The van der Waals surface area contributed by atoms with Crippen LogP contribution >= 0.6 is 0 Å². The van der Waals surface area contributed by atoms with Gasteiger partial charge in [-0.15, -0.1) is 0 Å². The fraction of sp³-hybridized carbons (Fsp3) is 0.294. The van der Waals surface area contributed by atoms with Gasteiger partial charge < -0.3 is 5.32 Å². The SMILES string of the molecule is CCCN[C@@H](C)c1nn2cccc2c(=O)n1-c1ccccc1. The summed E-state index contributed by atoms with van der Waals surface area (Å²) in [5, 5.41) is 8.05. The number of para-hydroxylation sites is 1. The maximum absolute atomic E-state index is 12.9. The van der Waals surface area contributed by atoms with Gasteiger partial charge in [-0.2, -0.15) is 5.10 Å². The van der Waals surface area contributed by atoms with Crippen LogP contribution in [0.2, 0.25) is 0 Å². The van der Waals surface area contributed by atoms with Gasteiger partial charge >= 0.3 is 0 Å². The van der Waals surface area contributed by atoms with Crippen LogP contribution in [0.15, 0.2) is 53.5 Å². The Morgan fingerprint density at radius 3 is 2.68 bits per heavy atom. The number of hydrogen-bond acceptors (Lipinski definition) is 3. The zero-order chi connectivity index (χ0) is 15.5. The Hall–Kier alpha value is -2.40. The zero-order valence-electron chi connectivity index (χ0n) is 12.9. The standard InChI is InChI=1S/C17H20N4O/c1-3-11-18-13(2)16-19-20-12-7-10-15(20)17(22)21(16)14-8-5-4-6-9-14/h4-10,12-13,18H,3,11H2,1-2H3/t13-/m0/s1. The van der Waals surface area contributed by atoms with Crippen molar-refractivity contribution in [2.75, 3.05) is 6.54 Å². The number of nitrogens with zero attached hydrogens (tertiary/aromatic N) is 3. The molecule has 3 aromatic rings. The highest BCUT2D eigenvalue weighted by Gasteiger charge is 2.17. The summed E-state index contributed by atoms with van der Waals surface area (Å²) in [7, 11) is 0. The van der Waals surface area contributed by atoms with Crippen molar-refractivity contribution in [1.29, 1.82) is 0 Å². The molecule has 0 amide bonds. The fourth-order valence-electron chi connectivity index (χ4n) is 2.56. The van der Waals surface area contributed by atoms with Crippen molar-refractivity contribution in [1.82, 2.24) is 19.5 Å². The third-order valence-corrected chi connectivity index (χ3v) is 3.69. The molecule has 0 aliphatic carbocycles. The zero-order valence-corrected chi connectivity index (χ0v) is 12.9. The van der Waals surface area contributed by atoms with Crippen LogP contribution in [0.5, 0.6) is 0 Å². The Balaban J connectivity index is 2.22. The molecule has 1 atom stereocenters. The van der Waals surface area contributed by atoms with Gasteiger partial charge in [0.1, 0.15) is 5.52 Å². The molecule has 0 spiro atoms. The van der Waals surface area contributed by atoms with E-state index in [4.69, 9.17) is 0 Å². The minimum atomic E-state index is -0.0497. The lowest BCUT2D eigenvalue weighted by Gasteiger charge is -2.18. The Bertz CT molecular complexity index is 820. The van der Waals surface area contributed by atoms with Gasteiger partial charge in [0.05, 0.1) is 11.7 Å². The lowest BCUT2D eigenvalue weighted by Crippen LogP contribution is -2.31. The molecule has 0 fully saturated rings. The Morgan fingerprint density at radius 2 is 1.95 bits per heavy atom. The number of fused-ring (bicyclic) bond motifs is 1. The van der Waals surface area contributed by atoms with Gasteiger partial charge in [0.25, 0.3) is 5.56 Å². The summed E-state index contributed by atoms with van der Waals surface area (Å²) in [6.45, 7) is 5.04. The third-order valence-electron chi connectivity index (χ3n) is 3.69. The molecule has 22 heavy (non-hydrogen) atoms. The predicted octanol–water partition coefficient (Wildman–Crippen LogP) is 2.55. The maximum atomic E-state index is 12.9. The highest BCUT2D eigenvalue weighted by Crippen LogP contribution is 2.14. The van der Waals surface area contributed by atoms with Crippen molar-refractivity contribution >= 4 is 5.52 Å². The first-order valence-corrected chi connectivity index (χ1v) is 7.61. The summed E-state index contributed by atoms with van der Waals surface area (Å²) in [4.78, 5) is 12.9. The summed E-state index contributed by atoms with van der Waals surface area (Å²) >= 11 is 0. The second-order valence-corrected chi connectivity index (χ2v) is 5.35. The van der Waals surface area contributed by atoms with Crippen molar-refractivity contribution in [2.45, 2.75) is 26.3 Å². The molecule has 0 radical (unpaired) electrons. The molecule has 0 saturated heterocycles. The van der Waals surface area contributed by atoms with Gasteiger partial charge in [-0.05, 0) is 44.2 Å². The molecule has 114 valence electrons. The van der Waals surface area contributed by atoms with Crippen LogP contribution in [0.3, 0.4) is 0 Å². The molecule has 0 bridgehead atoms. The van der Waals surface area contributed by atoms with Gasteiger partial charge in [-0.3, -0.25) is 9.36 Å². The molecular weight excluding hydrogens is 276 g/mol. The van der Waals surface area contributed by atoms with Gasteiger partial charge in [-0.1, -0.05) is 25.1 Å². The second-order valence-electron chi connectivity index (χ2n) is 5.35. The average Bonchev–Trinajstić information content (AvgIpc) is 3.02.